The van der Waals surface area contributed by atoms with Crippen LogP contribution in [0.2, 0.25) is 0 Å². The number of hydrogen-bond donors (Lipinski definition) is 1. The van der Waals surface area contributed by atoms with E-state index in [0.717, 1.165) is 17.1 Å². The second kappa shape index (κ2) is 8.63. The summed E-state index contributed by atoms with van der Waals surface area (Å²) in [5.41, 5.74) is 2.38. The van der Waals surface area contributed by atoms with Crippen LogP contribution < -0.4 is 10.1 Å². The topological polar surface area (TPSA) is 38.3 Å². The van der Waals surface area contributed by atoms with Gasteiger partial charge in [0.15, 0.2) is 6.10 Å². The van der Waals surface area contributed by atoms with Gasteiger partial charge in [0.25, 0.3) is 5.91 Å². The summed E-state index contributed by atoms with van der Waals surface area (Å²) in [4.78, 5) is 13.3. The summed E-state index contributed by atoms with van der Waals surface area (Å²) in [5, 5.41) is 2.91. The second-order valence-corrected chi connectivity index (χ2v) is 6.63. The summed E-state index contributed by atoms with van der Waals surface area (Å²) >= 11 is 1.73. The van der Waals surface area contributed by atoms with Crippen molar-refractivity contribution in [2.45, 2.75) is 31.8 Å². The van der Waals surface area contributed by atoms with E-state index in [9.17, 15) is 4.79 Å². The van der Waals surface area contributed by atoms with Gasteiger partial charge in [0.1, 0.15) is 5.75 Å². The molecule has 0 aliphatic heterocycles. The molecule has 1 amide bonds. The van der Waals surface area contributed by atoms with E-state index in [1.54, 1.807) is 18.7 Å². The van der Waals surface area contributed by atoms with Crippen LogP contribution in [0, 0.1) is 13.8 Å². The standard InChI is InChI=1S/C19H23NO2S/c1-14-9-10-17(13-15(14)2)22-16(3)19(21)20-11-12-23-18-7-5-4-6-8-18/h4-10,13,16H,11-12H2,1-3H3,(H,20,21)/t16-/m0/s1. The molecule has 1 N–H and O–H groups in total. The Labute approximate surface area is 142 Å². The van der Waals surface area contributed by atoms with Gasteiger partial charge in [0.2, 0.25) is 0 Å². The maximum atomic E-state index is 12.1. The number of benzene rings is 2. The highest BCUT2D eigenvalue weighted by Gasteiger charge is 2.14. The normalized spacial score (nSPS) is 11.8. The van der Waals surface area contributed by atoms with E-state index in [1.807, 2.05) is 43.3 Å². The van der Waals surface area contributed by atoms with Crippen molar-refractivity contribution >= 4 is 17.7 Å². The monoisotopic (exact) mass is 329 g/mol. The molecule has 0 fully saturated rings. The third-order valence-corrected chi connectivity index (χ3v) is 4.59. The molecule has 2 rings (SSSR count). The van der Waals surface area contributed by atoms with Gasteiger partial charge in [-0.15, -0.1) is 11.8 Å². The van der Waals surface area contributed by atoms with Crippen molar-refractivity contribution in [3.05, 3.63) is 59.7 Å². The lowest BCUT2D eigenvalue weighted by atomic mass is 10.1. The van der Waals surface area contributed by atoms with Crippen LogP contribution in [-0.2, 0) is 4.79 Å². The minimum atomic E-state index is -0.501. The third kappa shape index (κ3) is 5.64. The number of carbonyl (C=O) groups is 1. The molecular formula is C19H23NO2S. The number of ether oxygens (including phenoxy) is 1. The lowest BCUT2D eigenvalue weighted by Crippen LogP contribution is -2.37. The Balaban J connectivity index is 1.73. The van der Waals surface area contributed by atoms with Crippen LogP contribution in [-0.4, -0.2) is 24.3 Å². The summed E-state index contributed by atoms with van der Waals surface area (Å²) in [6.45, 7) is 6.49. The molecule has 2 aromatic carbocycles. The second-order valence-electron chi connectivity index (χ2n) is 5.46. The first-order valence-corrected chi connectivity index (χ1v) is 8.74. The van der Waals surface area contributed by atoms with Gasteiger partial charge < -0.3 is 10.1 Å². The largest absolute Gasteiger partial charge is 0.481 e. The molecule has 3 nitrogen and oxygen atoms in total. The molecule has 0 radical (unpaired) electrons. The third-order valence-electron chi connectivity index (χ3n) is 3.57. The first-order chi connectivity index (χ1) is 11.1. The van der Waals surface area contributed by atoms with Crippen LogP contribution in [0.5, 0.6) is 5.75 Å². The number of nitrogens with one attached hydrogen (secondary N) is 1. The van der Waals surface area contributed by atoms with Crippen molar-refractivity contribution in [2.75, 3.05) is 12.3 Å². The summed E-state index contributed by atoms with van der Waals surface area (Å²) < 4.78 is 5.71. The molecule has 23 heavy (non-hydrogen) atoms. The smallest absolute Gasteiger partial charge is 0.260 e. The first-order valence-electron chi connectivity index (χ1n) is 7.76. The predicted octanol–water partition coefficient (Wildman–Crippen LogP) is 3.98. The predicted molar refractivity (Wildman–Crippen MR) is 96.2 cm³/mol. The Morgan fingerprint density at radius 1 is 1.13 bits per heavy atom. The number of carbonyl (C=O) groups excluding carboxylic acids is 1. The molecule has 0 spiro atoms. The number of amides is 1. The molecule has 0 bridgehead atoms. The fourth-order valence-electron chi connectivity index (χ4n) is 2.05. The molecular weight excluding hydrogens is 306 g/mol. The number of aryl methyl sites for hydroxylation is 2. The summed E-state index contributed by atoms with van der Waals surface area (Å²) in [6.07, 6.45) is -0.501. The average Bonchev–Trinajstić information content (AvgIpc) is 2.55. The summed E-state index contributed by atoms with van der Waals surface area (Å²) in [5.74, 6) is 1.48. The lowest BCUT2D eigenvalue weighted by Gasteiger charge is -2.15. The van der Waals surface area contributed by atoms with Crippen LogP contribution in [0.25, 0.3) is 0 Å². The fraction of sp³-hybridized carbons (Fsp3) is 0.316. The molecule has 2 aromatic rings. The van der Waals surface area contributed by atoms with E-state index in [2.05, 4.69) is 24.4 Å². The molecule has 0 saturated heterocycles. The van der Waals surface area contributed by atoms with Crippen LogP contribution in [0.15, 0.2) is 53.4 Å². The first kappa shape index (κ1) is 17.4. The Kier molecular flexibility index (Phi) is 6.53. The highest BCUT2D eigenvalue weighted by molar-refractivity contribution is 7.99. The van der Waals surface area contributed by atoms with E-state index in [-0.39, 0.29) is 5.91 Å². The van der Waals surface area contributed by atoms with Crippen molar-refractivity contribution in [3.8, 4) is 5.75 Å². The van der Waals surface area contributed by atoms with Crippen molar-refractivity contribution in [2.24, 2.45) is 0 Å². The van der Waals surface area contributed by atoms with Crippen molar-refractivity contribution in [1.29, 1.82) is 0 Å². The zero-order valence-electron chi connectivity index (χ0n) is 13.8. The van der Waals surface area contributed by atoms with Crippen molar-refractivity contribution in [1.82, 2.24) is 5.32 Å². The van der Waals surface area contributed by atoms with E-state index < -0.39 is 6.10 Å². The van der Waals surface area contributed by atoms with Gasteiger partial charge in [-0.3, -0.25) is 4.79 Å². The van der Waals surface area contributed by atoms with Gasteiger partial charge in [0.05, 0.1) is 0 Å². The molecule has 122 valence electrons. The average molecular weight is 329 g/mol. The molecule has 1 atom stereocenters. The number of hydrogen-bond acceptors (Lipinski definition) is 3. The minimum absolute atomic E-state index is 0.0862. The van der Waals surface area contributed by atoms with Gasteiger partial charge in [-0.2, -0.15) is 0 Å². The maximum absolute atomic E-state index is 12.1. The molecule has 0 aliphatic rings. The Morgan fingerprint density at radius 2 is 1.87 bits per heavy atom. The molecule has 0 unspecified atom stereocenters. The SMILES string of the molecule is Cc1ccc(O[C@@H](C)C(=O)NCCSc2ccccc2)cc1C. The van der Waals surface area contributed by atoms with E-state index in [4.69, 9.17) is 4.74 Å². The summed E-state index contributed by atoms with van der Waals surface area (Å²) in [6, 6.07) is 16.0. The molecule has 0 heterocycles. The Hall–Kier alpha value is -1.94. The van der Waals surface area contributed by atoms with E-state index in [1.165, 1.54) is 10.5 Å². The summed E-state index contributed by atoms with van der Waals surface area (Å²) in [7, 11) is 0. The lowest BCUT2D eigenvalue weighted by molar-refractivity contribution is -0.127. The zero-order valence-corrected chi connectivity index (χ0v) is 14.7. The van der Waals surface area contributed by atoms with Crippen LogP contribution in [0.4, 0.5) is 0 Å². The molecule has 0 aromatic heterocycles. The Bertz CT molecular complexity index is 643. The van der Waals surface area contributed by atoms with Gasteiger partial charge >= 0.3 is 0 Å². The maximum Gasteiger partial charge on any atom is 0.260 e. The van der Waals surface area contributed by atoms with E-state index >= 15 is 0 Å². The van der Waals surface area contributed by atoms with Gasteiger partial charge in [-0.25, -0.2) is 0 Å². The highest BCUT2D eigenvalue weighted by atomic mass is 32.2. The molecule has 0 aliphatic carbocycles. The Morgan fingerprint density at radius 3 is 2.57 bits per heavy atom. The van der Waals surface area contributed by atoms with Gasteiger partial charge in [-0.1, -0.05) is 24.3 Å². The molecule has 0 saturated carbocycles. The van der Waals surface area contributed by atoms with Crippen molar-refractivity contribution < 1.29 is 9.53 Å². The van der Waals surface area contributed by atoms with Crippen LogP contribution in [0.1, 0.15) is 18.1 Å². The van der Waals surface area contributed by atoms with Gasteiger partial charge in [0, 0.05) is 17.2 Å². The van der Waals surface area contributed by atoms with Gasteiger partial charge in [-0.05, 0) is 56.2 Å². The zero-order chi connectivity index (χ0) is 16.7. The van der Waals surface area contributed by atoms with Crippen molar-refractivity contribution in [3.63, 3.8) is 0 Å². The minimum Gasteiger partial charge on any atom is -0.481 e. The fourth-order valence-corrected chi connectivity index (χ4v) is 2.84. The number of thioether (sulfide) groups is 1. The highest BCUT2D eigenvalue weighted by Crippen LogP contribution is 2.18. The van der Waals surface area contributed by atoms with E-state index in [0.29, 0.717) is 6.54 Å². The number of rotatable bonds is 7. The molecule has 4 heteroatoms. The quantitative estimate of drug-likeness (QED) is 0.617. The van der Waals surface area contributed by atoms with Crippen LogP contribution in [0.3, 0.4) is 0 Å². The van der Waals surface area contributed by atoms with Crippen LogP contribution >= 0.6 is 11.8 Å².